The van der Waals surface area contributed by atoms with Crippen LogP contribution in [0.4, 0.5) is 5.95 Å². The molecule has 0 radical (unpaired) electrons. The van der Waals surface area contributed by atoms with Crippen LogP contribution >= 0.6 is 11.6 Å². The average molecular weight is 284 g/mol. The fourth-order valence-electron chi connectivity index (χ4n) is 3.05. The minimum absolute atomic E-state index is 0.185. The van der Waals surface area contributed by atoms with Gasteiger partial charge in [-0.05, 0) is 37.9 Å². The summed E-state index contributed by atoms with van der Waals surface area (Å²) in [5.74, 6) is 0.623. The van der Waals surface area contributed by atoms with Gasteiger partial charge in [0.2, 0.25) is 11.2 Å². The molecule has 0 aromatic carbocycles. The Morgan fingerprint density at radius 1 is 1.16 bits per heavy atom. The lowest BCUT2D eigenvalue weighted by Gasteiger charge is -2.25. The standard InChI is InChI=1S/C12H18ClN5O/c1-17-8-3-4-9(17)7-18(6-5-8)11-14-10(13)15-12(16-11)19-2/h8-9H,3-7H2,1-2H3. The molecule has 3 rings (SSSR count). The van der Waals surface area contributed by atoms with Crippen molar-refractivity contribution in [2.24, 2.45) is 0 Å². The van der Waals surface area contributed by atoms with Gasteiger partial charge in [0.1, 0.15) is 0 Å². The number of ether oxygens (including phenoxy) is 1. The van der Waals surface area contributed by atoms with Gasteiger partial charge in [0, 0.05) is 25.2 Å². The predicted molar refractivity (Wildman–Crippen MR) is 72.8 cm³/mol. The number of fused-ring (bicyclic) bond motifs is 2. The van der Waals surface area contributed by atoms with Gasteiger partial charge in [-0.25, -0.2) is 0 Å². The quantitative estimate of drug-likeness (QED) is 0.813. The molecule has 7 heteroatoms. The Morgan fingerprint density at radius 3 is 2.74 bits per heavy atom. The Bertz CT molecular complexity index is 471. The highest BCUT2D eigenvalue weighted by Gasteiger charge is 2.35. The molecule has 0 spiro atoms. The molecule has 3 heterocycles. The second-order valence-corrected chi connectivity index (χ2v) is 5.51. The lowest BCUT2D eigenvalue weighted by atomic mass is 10.1. The first-order valence-electron chi connectivity index (χ1n) is 6.60. The van der Waals surface area contributed by atoms with Crippen molar-refractivity contribution >= 4 is 17.5 Å². The summed E-state index contributed by atoms with van der Waals surface area (Å²) in [5, 5.41) is 0.185. The Hall–Kier alpha value is -1.14. The Morgan fingerprint density at radius 2 is 1.95 bits per heavy atom. The third kappa shape index (κ3) is 2.47. The van der Waals surface area contributed by atoms with Crippen molar-refractivity contribution in [3.63, 3.8) is 0 Å². The van der Waals surface area contributed by atoms with Crippen LogP contribution in [0, 0.1) is 0 Å². The summed E-state index contributed by atoms with van der Waals surface area (Å²) in [6, 6.07) is 1.54. The molecule has 1 aromatic rings. The number of likely N-dealkylation sites (N-methyl/N-ethyl adjacent to an activating group) is 1. The van der Waals surface area contributed by atoms with Crippen LogP contribution in [0.5, 0.6) is 6.01 Å². The summed E-state index contributed by atoms with van der Waals surface area (Å²) in [7, 11) is 3.75. The van der Waals surface area contributed by atoms with E-state index in [0.717, 1.165) is 19.5 Å². The Labute approximate surface area is 117 Å². The molecule has 104 valence electrons. The first-order valence-corrected chi connectivity index (χ1v) is 6.97. The largest absolute Gasteiger partial charge is 0.467 e. The Kier molecular flexibility index (Phi) is 3.45. The van der Waals surface area contributed by atoms with Crippen LogP contribution in [-0.4, -0.2) is 59.2 Å². The highest BCUT2D eigenvalue weighted by molar-refractivity contribution is 6.28. The number of hydrogen-bond donors (Lipinski definition) is 0. The number of anilines is 1. The lowest BCUT2D eigenvalue weighted by Crippen LogP contribution is -2.37. The zero-order chi connectivity index (χ0) is 13.4. The van der Waals surface area contributed by atoms with E-state index in [-0.39, 0.29) is 11.3 Å². The van der Waals surface area contributed by atoms with Crippen molar-refractivity contribution in [1.82, 2.24) is 19.9 Å². The molecule has 0 saturated carbocycles. The number of nitrogens with zero attached hydrogens (tertiary/aromatic N) is 5. The van der Waals surface area contributed by atoms with E-state index in [9.17, 15) is 0 Å². The maximum atomic E-state index is 5.92. The molecule has 2 saturated heterocycles. The molecule has 2 aliphatic rings. The number of aromatic nitrogens is 3. The zero-order valence-electron chi connectivity index (χ0n) is 11.2. The molecule has 2 fully saturated rings. The van der Waals surface area contributed by atoms with E-state index in [1.807, 2.05) is 0 Å². The lowest BCUT2D eigenvalue weighted by molar-refractivity contribution is 0.254. The van der Waals surface area contributed by atoms with Crippen LogP contribution in [0.1, 0.15) is 19.3 Å². The second kappa shape index (κ2) is 5.09. The van der Waals surface area contributed by atoms with Crippen molar-refractivity contribution in [2.75, 3.05) is 32.1 Å². The van der Waals surface area contributed by atoms with Crippen LogP contribution in [0.3, 0.4) is 0 Å². The van der Waals surface area contributed by atoms with Crippen LogP contribution in [0.25, 0.3) is 0 Å². The molecule has 0 N–H and O–H groups in total. The highest BCUT2D eigenvalue weighted by Crippen LogP contribution is 2.30. The van der Waals surface area contributed by atoms with Crippen molar-refractivity contribution in [1.29, 1.82) is 0 Å². The smallest absolute Gasteiger partial charge is 0.322 e. The van der Waals surface area contributed by atoms with Crippen molar-refractivity contribution in [3.8, 4) is 6.01 Å². The first-order chi connectivity index (χ1) is 9.17. The summed E-state index contributed by atoms with van der Waals surface area (Å²) in [6.07, 6.45) is 3.68. The van der Waals surface area contributed by atoms with Gasteiger partial charge >= 0.3 is 6.01 Å². The molecule has 1 aromatic heterocycles. The van der Waals surface area contributed by atoms with Gasteiger partial charge in [-0.15, -0.1) is 0 Å². The fraction of sp³-hybridized carbons (Fsp3) is 0.750. The van der Waals surface area contributed by atoms with E-state index in [0.29, 0.717) is 18.0 Å². The first kappa shape index (κ1) is 12.9. The SMILES string of the molecule is COc1nc(Cl)nc(N2CCC3CCC(C2)N3C)n1. The maximum Gasteiger partial charge on any atom is 0.322 e. The van der Waals surface area contributed by atoms with E-state index >= 15 is 0 Å². The topological polar surface area (TPSA) is 54.4 Å². The molecule has 2 unspecified atom stereocenters. The fourth-order valence-corrected chi connectivity index (χ4v) is 3.19. The summed E-state index contributed by atoms with van der Waals surface area (Å²) in [6.45, 7) is 1.89. The van der Waals surface area contributed by atoms with Gasteiger partial charge in [0.15, 0.2) is 0 Å². The normalized spacial score (nSPS) is 27.4. The molecule has 2 aliphatic heterocycles. The van der Waals surface area contributed by atoms with Gasteiger partial charge in [-0.3, -0.25) is 4.90 Å². The summed E-state index contributed by atoms with van der Waals surface area (Å²) in [4.78, 5) is 17.1. The third-order valence-electron chi connectivity index (χ3n) is 4.19. The minimum atomic E-state index is 0.185. The third-order valence-corrected chi connectivity index (χ3v) is 4.36. The molecule has 0 aliphatic carbocycles. The molecular weight excluding hydrogens is 266 g/mol. The van der Waals surface area contributed by atoms with Gasteiger partial charge in [0.05, 0.1) is 7.11 Å². The molecular formula is C12H18ClN5O. The number of methoxy groups -OCH3 is 1. The van der Waals surface area contributed by atoms with Crippen molar-refractivity contribution < 1.29 is 4.74 Å². The van der Waals surface area contributed by atoms with E-state index in [2.05, 4.69) is 31.8 Å². The summed E-state index contributed by atoms with van der Waals surface area (Å²) < 4.78 is 5.06. The average Bonchev–Trinajstić information content (AvgIpc) is 2.62. The molecule has 2 bridgehead atoms. The number of rotatable bonds is 2. The zero-order valence-corrected chi connectivity index (χ0v) is 12.0. The molecule has 6 nitrogen and oxygen atoms in total. The molecule has 19 heavy (non-hydrogen) atoms. The molecule has 0 amide bonds. The van der Waals surface area contributed by atoms with Gasteiger partial charge < -0.3 is 9.64 Å². The van der Waals surface area contributed by atoms with Crippen LogP contribution < -0.4 is 9.64 Å². The van der Waals surface area contributed by atoms with E-state index in [1.54, 1.807) is 0 Å². The van der Waals surface area contributed by atoms with Crippen molar-refractivity contribution in [2.45, 2.75) is 31.3 Å². The molecule has 2 atom stereocenters. The maximum absolute atomic E-state index is 5.92. The highest BCUT2D eigenvalue weighted by atomic mass is 35.5. The van der Waals surface area contributed by atoms with Crippen molar-refractivity contribution in [3.05, 3.63) is 5.28 Å². The van der Waals surface area contributed by atoms with E-state index in [4.69, 9.17) is 16.3 Å². The van der Waals surface area contributed by atoms with Crippen LogP contribution in [-0.2, 0) is 0 Å². The number of hydrogen-bond acceptors (Lipinski definition) is 6. The minimum Gasteiger partial charge on any atom is -0.467 e. The summed E-state index contributed by atoms with van der Waals surface area (Å²) >= 11 is 5.92. The van der Waals surface area contributed by atoms with Gasteiger partial charge in [-0.2, -0.15) is 15.0 Å². The van der Waals surface area contributed by atoms with Crippen LogP contribution in [0.2, 0.25) is 5.28 Å². The van der Waals surface area contributed by atoms with E-state index in [1.165, 1.54) is 20.0 Å². The summed E-state index contributed by atoms with van der Waals surface area (Å²) in [5.41, 5.74) is 0. The van der Waals surface area contributed by atoms with Crippen LogP contribution in [0.15, 0.2) is 0 Å². The Balaban J connectivity index is 1.84. The second-order valence-electron chi connectivity index (χ2n) is 5.18. The van der Waals surface area contributed by atoms with Gasteiger partial charge in [-0.1, -0.05) is 0 Å². The monoisotopic (exact) mass is 283 g/mol. The van der Waals surface area contributed by atoms with Gasteiger partial charge in [0.25, 0.3) is 0 Å². The van der Waals surface area contributed by atoms with E-state index < -0.39 is 0 Å². The predicted octanol–water partition coefficient (Wildman–Crippen LogP) is 1.21. The number of halogens is 1.